The van der Waals surface area contributed by atoms with Crippen molar-refractivity contribution in [3.05, 3.63) is 23.3 Å². The Hall–Kier alpha value is -1.59. The van der Waals surface area contributed by atoms with Crippen molar-refractivity contribution in [1.29, 1.82) is 0 Å². The van der Waals surface area contributed by atoms with E-state index >= 15 is 0 Å². The van der Waals surface area contributed by atoms with E-state index in [1.165, 1.54) is 0 Å². The summed E-state index contributed by atoms with van der Waals surface area (Å²) < 4.78 is 11.3. The van der Waals surface area contributed by atoms with Gasteiger partial charge in [-0.1, -0.05) is 0 Å². The van der Waals surface area contributed by atoms with E-state index in [-0.39, 0.29) is 0 Å². The van der Waals surface area contributed by atoms with Crippen LogP contribution in [0.1, 0.15) is 18.1 Å². The highest BCUT2D eigenvalue weighted by Gasteiger charge is 2.11. The number of aliphatic imine (C=N–C) groups is 1. The Labute approximate surface area is 126 Å². The normalized spacial score (nSPS) is 17.0. The molecule has 2 rings (SSSR count). The summed E-state index contributed by atoms with van der Waals surface area (Å²) in [6.07, 6.45) is 0. The van der Waals surface area contributed by atoms with Gasteiger partial charge in [0.2, 0.25) is 0 Å². The summed E-state index contributed by atoms with van der Waals surface area (Å²) in [5, 5.41) is 0. The average molecular weight is 291 g/mol. The van der Waals surface area contributed by atoms with Gasteiger partial charge in [0, 0.05) is 19.6 Å². The third kappa shape index (κ3) is 4.72. The fourth-order valence-corrected chi connectivity index (χ4v) is 2.52. The molecule has 0 unspecified atom stereocenters. The number of nitrogens with two attached hydrogens (primary N) is 1. The van der Waals surface area contributed by atoms with Crippen LogP contribution in [0.3, 0.4) is 0 Å². The van der Waals surface area contributed by atoms with Gasteiger partial charge in [-0.2, -0.15) is 0 Å². The van der Waals surface area contributed by atoms with Gasteiger partial charge in [0.25, 0.3) is 0 Å². The molecular formula is C16H25N3O2. The third-order valence-electron chi connectivity index (χ3n) is 3.51. The quantitative estimate of drug-likeness (QED) is 0.666. The lowest BCUT2D eigenvalue weighted by Gasteiger charge is -2.26. The minimum Gasteiger partial charge on any atom is -0.492 e. The van der Waals surface area contributed by atoms with Gasteiger partial charge in [-0.3, -0.25) is 4.90 Å². The summed E-state index contributed by atoms with van der Waals surface area (Å²) in [6, 6.07) is 4.01. The molecule has 0 amide bonds. The Balaban J connectivity index is 1.95. The van der Waals surface area contributed by atoms with Crippen LogP contribution in [0.25, 0.3) is 0 Å². The van der Waals surface area contributed by atoms with Crippen molar-refractivity contribution in [2.24, 2.45) is 10.7 Å². The van der Waals surface area contributed by atoms with Crippen LogP contribution in [0, 0.1) is 13.8 Å². The minimum atomic E-state index is 0.565. The van der Waals surface area contributed by atoms with Crippen LogP contribution < -0.4 is 10.5 Å². The van der Waals surface area contributed by atoms with E-state index in [4.69, 9.17) is 15.2 Å². The van der Waals surface area contributed by atoms with Crippen LogP contribution in [-0.4, -0.2) is 50.2 Å². The van der Waals surface area contributed by atoms with Crippen LogP contribution in [0.2, 0.25) is 0 Å². The SMILES string of the molecule is CC(N)=Nc1cc(C)c(OCCN2CCOCC2)c(C)c1. The fourth-order valence-electron chi connectivity index (χ4n) is 2.52. The number of hydrogen-bond acceptors (Lipinski definition) is 4. The topological polar surface area (TPSA) is 60.1 Å². The number of nitrogens with zero attached hydrogens (tertiary/aromatic N) is 2. The highest BCUT2D eigenvalue weighted by Crippen LogP contribution is 2.28. The van der Waals surface area contributed by atoms with E-state index in [0.29, 0.717) is 12.4 Å². The van der Waals surface area contributed by atoms with Gasteiger partial charge in [0.15, 0.2) is 0 Å². The van der Waals surface area contributed by atoms with Crippen LogP contribution in [0.15, 0.2) is 17.1 Å². The molecule has 0 atom stereocenters. The van der Waals surface area contributed by atoms with E-state index < -0.39 is 0 Å². The molecule has 1 saturated heterocycles. The second kappa shape index (κ2) is 7.43. The Morgan fingerprint density at radius 1 is 1.29 bits per heavy atom. The lowest BCUT2D eigenvalue weighted by atomic mass is 10.1. The zero-order valence-corrected chi connectivity index (χ0v) is 13.2. The monoisotopic (exact) mass is 291 g/mol. The maximum atomic E-state index is 5.97. The number of morpholine rings is 1. The molecule has 5 heteroatoms. The molecule has 0 aliphatic carbocycles. The Bertz CT molecular complexity index is 481. The summed E-state index contributed by atoms with van der Waals surface area (Å²) >= 11 is 0. The van der Waals surface area contributed by atoms with Crippen molar-refractivity contribution in [3.63, 3.8) is 0 Å². The Morgan fingerprint density at radius 3 is 2.48 bits per heavy atom. The lowest BCUT2D eigenvalue weighted by molar-refractivity contribution is 0.0322. The molecule has 1 aromatic carbocycles. The van der Waals surface area contributed by atoms with E-state index in [1.807, 2.05) is 26.0 Å². The average Bonchev–Trinajstić information content (AvgIpc) is 2.42. The summed E-state index contributed by atoms with van der Waals surface area (Å²) in [6.45, 7) is 11.1. The first kappa shape index (κ1) is 15.8. The van der Waals surface area contributed by atoms with Crippen LogP contribution in [0.5, 0.6) is 5.75 Å². The first-order valence-electron chi connectivity index (χ1n) is 7.41. The van der Waals surface area contributed by atoms with Gasteiger partial charge < -0.3 is 15.2 Å². The smallest absolute Gasteiger partial charge is 0.125 e. The highest BCUT2D eigenvalue weighted by atomic mass is 16.5. The van der Waals surface area contributed by atoms with Gasteiger partial charge in [0.1, 0.15) is 12.4 Å². The predicted molar refractivity (Wildman–Crippen MR) is 85.6 cm³/mol. The second-order valence-corrected chi connectivity index (χ2v) is 5.46. The zero-order chi connectivity index (χ0) is 15.2. The van der Waals surface area contributed by atoms with Crippen molar-refractivity contribution in [3.8, 4) is 5.75 Å². The molecule has 1 heterocycles. The van der Waals surface area contributed by atoms with Gasteiger partial charge in [0.05, 0.1) is 24.7 Å². The van der Waals surface area contributed by atoms with Crippen molar-refractivity contribution in [1.82, 2.24) is 4.90 Å². The molecule has 2 N–H and O–H groups in total. The number of hydrogen-bond donors (Lipinski definition) is 1. The molecule has 1 aliphatic heterocycles. The molecule has 0 bridgehead atoms. The number of benzene rings is 1. The number of amidine groups is 1. The van der Waals surface area contributed by atoms with E-state index in [1.54, 1.807) is 6.92 Å². The Kier molecular flexibility index (Phi) is 5.59. The maximum Gasteiger partial charge on any atom is 0.125 e. The van der Waals surface area contributed by atoms with Crippen molar-refractivity contribution in [2.75, 3.05) is 39.5 Å². The van der Waals surface area contributed by atoms with Crippen molar-refractivity contribution >= 4 is 11.5 Å². The number of ether oxygens (including phenoxy) is 2. The number of aryl methyl sites for hydroxylation is 2. The summed E-state index contributed by atoms with van der Waals surface area (Å²) in [7, 11) is 0. The molecule has 0 aromatic heterocycles. The molecule has 0 radical (unpaired) electrons. The summed E-state index contributed by atoms with van der Waals surface area (Å²) in [5.41, 5.74) is 8.70. The summed E-state index contributed by atoms with van der Waals surface area (Å²) in [5.74, 6) is 1.52. The zero-order valence-electron chi connectivity index (χ0n) is 13.2. The first-order valence-corrected chi connectivity index (χ1v) is 7.41. The van der Waals surface area contributed by atoms with Crippen LogP contribution in [0.4, 0.5) is 5.69 Å². The fraction of sp³-hybridized carbons (Fsp3) is 0.562. The molecule has 0 saturated carbocycles. The first-order chi connectivity index (χ1) is 10.1. The van der Waals surface area contributed by atoms with Gasteiger partial charge in [-0.25, -0.2) is 4.99 Å². The van der Waals surface area contributed by atoms with E-state index in [0.717, 1.165) is 55.4 Å². The minimum absolute atomic E-state index is 0.565. The van der Waals surface area contributed by atoms with Crippen molar-refractivity contribution < 1.29 is 9.47 Å². The summed E-state index contributed by atoms with van der Waals surface area (Å²) in [4.78, 5) is 6.66. The lowest BCUT2D eigenvalue weighted by Crippen LogP contribution is -2.38. The van der Waals surface area contributed by atoms with Gasteiger partial charge >= 0.3 is 0 Å². The van der Waals surface area contributed by atoms with Gasteiger partial charge in [-0.15, -0.1) is 0 Å². The van der Waals surface area contributed by atoms with E-state index in [9.17, 15) is 0 Å². The standard InChI is InChI=1S/C16H25N3O2/c1-12-10-15(18-14(3)17)11-13(2)16(12)21-9-6-19-4-7-20-8-5-19/h10-11H,4-9H2,1-3H3,(H2,17,18). The third-order valence-corrected chi connectivity index (χ3v) is 3.51. The molecule has 116 valence electrons. The van der Waals surface area contributed by atoms with Gasteiger partial charge in [-0.05, 0) is 44.0 Å². The molecule has 21 heavy (non-hydrogen) atoms. The molecule has 1 fully saturated rings. The Morgan fingerprint density at radius 2 is 1.90 bits per heavy atom. The number of rotatable bonds is 5. The molecule has 1 aromatic rings. The molecular weight excluding hydrogens is 266 g/mol. The molecule has 0 spiro atoms. The van der Waals surface area contributed by atoms with Crippen LogP contribution >= 0.6 is 0 Å². The molecule has 1 aliphatic rings. The predicted octanol–water partition coefficient (Wildman–Crippen LogP) is 2.02. The largest absolute Gasteiger partial charge is 0.492 e. The van der Waals surface area contributed by atoms with Crippen molar-refractivity contribution in [2.45, 2.75) is 20.8 Å². The van der Waals surface area contributed by atoms with Crippen LogP contribution in [-0.2, 0) is 4.74 Å². The maximum absolute atomic E-state index is 5.97. The highest BCUT2D eigenvalue weighted by molar-refractivity contribution is 5.80. The second-order valence-electron chi connectivity index (χ2n) is 5.46. The van der Waals surface area contributed by atoms with E-state index in [2.05, 4.69) is 9.89 Å². The molecule has 5 nitrogen and oxygen atoms in total.